The first-order chi connectivity index (χ1) is 6.24. The lowest BCUT2D eigenvalue weighted by atomic mass is 9.92. The van der Waals surface area contributed by atoms with E-state index in [2.05, 4.69) is 6.07 Å². The highest BCUT2D eigenvalue weighted by Gasteiger charge is 2.19. The van der Waals surface area contributed by atoms with Crippen molar-refractivity contribution in [2.45, 2.75) is 32.6 Å². The van der Waals surface area contributed by atoms with Crippen LogP contribution in [-0.2, 0) is 4.79 Å². The Kier molecular flexibility index (Phi) is 3.75. The first-order valence-electron chi connectivity index (χ1n) is 4.86. The molecule has 0 N–H and O–H groups in total. The van der Waals surface area contributed by atoms with Crippen LogP contribution < -0.4 is 0 Å². The standard InChI is InChI=1S/C10H16N2O/c1-9(13)12-7-4-10(5-8-12)3-2-6-11/h10H,2-5,7-8H2,1H3. The van der Waals surface area contributed by atoms with Crippen LogP contribution in [0, 0.1) is 17.2 Å². The number of carbonyl (C=O) groups excluding carboxylic acids is 1. The van der Waals surface area contributed by atoms with Crippen LogP contribution >= 0.6 is 0 Å². The van der Waals surface area contributed by atoms with Gasteiger partial charge in [0.05, 0.1) is 6.07 Å². The average Bonchev–Trinajstić information content (AvgIpc) is 2.15. The monoisotopic (exact) mass is 180 g/mol. The summed E-state index contributed by atoms with van der Waals surface area (Å²) in [5.41, 5.74) is 0. The molecule has 0 aromatic rings. The van der Waals surface area contributed by atoms with Gasteiger partial charge in [-0.1, -0.05) is 0 Å². The molecule has 0 aliphatic carbocycles. The predicted molar refractivity (Wildman–Crippen MR) is 49.8 cm³/mol. The fourth-order valence-electron chi connectivity index (χ4n) is 1.81. The van der Waals surface area contributed by atoms with Gasteiger partial charge in [0.15, 0.2) is 0 Å². The number of rotatable bonds is 2. The van der Waals surface area contributed by atoms with E-state index < -0.39 is 0 Å². The van der Waals surface area contributed by atoms with Crippen LogP contribution in [0.25, 0.3) is 0 Å². The SMILES string of the molecule is CC(=O)N1CCC(CCC#N)CC1. The van der Waals surface area contributed by atoms with Crippen LogP contribution in [0.4, 0.5) is 0 Å². The molecule has 72 valence electrons. The highest BCUT2D eigenvalue weighted by Crippen LogP contribution is 2.21. The maximum atomic E-state index is 11.0. The Balaban J connectivity index is 2.23. The highest BCUT2D eigenvalue weighted by molar-refractivity contribution is 5.73. The number of nitriles is 1. The van der Waals surface area contributed by atoms with Crippen molar-refractivity contribution < 1.29 is 4.79 Å². The summed E-state index contributed by atoms with van der Waals surface area (Å²) in [5, 5.41) is 8.42. The maximum absolute atomic E-state index is 11.0. The minimum atomic E-state index is 0.179. The average molecular weight is 180 g/mol. The Bertz CT molecular complexity index is 211. The van der Waals surface area contributed by atoms with Gasteiger partial charge in [-0.2, -0.15) is 5.26 Å². The van der Waals surface area contributed by atoms with Crippen molar-refractivity contribution in [3.05, 3.63) is 0 Å². The van der Waals surface area contributed by atoms with Crippen LogP contribution in [0.5, 0.6) is 0 Å². The van der Waals surface area contributed by atoms with Gasteiger partial charge in [0, 0.05) is 26.4 Å². The van der Waals surface area contributed by atoms with E-state index >= 15 is 0 Å². The lowest BCUT2D eigenvalue weighted by molar-refractivity contribution is -0.130. The molecule has 1 heterocycles. The van der Waals surface area contributed by atoms with E-state index in [-0.39, 0.29) is 5.91 Å². The van der Waals surface area contributed by atoms with Crippen molar-refractivity contribution in [2.24, 2.45) is 5.92 Å². The predicted octanol–water partition coefficient (Wildman–Crippen LogP) is 1.55. The molecule has 0 unspecified atom stereocenters. The van der Waals surface area contributed by atoms with Crippen LogP contribution in [-0.4, -0.2) is 23.9 Å². The number of nitrogens with zero attached hydrogens (tertiary/aromatic N) is 2. The molecule has 1 aliphatic heterocycles. The quantitative estimate of drug-likeness (QED) is 0.647. The smallest absolute Gasteiger partial charge is 0.219 e. The molecule has 0 aromatic carbocycles. The number of likely N-dealkylation sites (tertiary alicyclic amines) is 1. The molecule has 1 aliphatic rings. The van der Waals surface area contributed by atoms with Crippen molar-refractivity contribution in [2.75, 3.05) is 13.1 Å². The van der Waals surface area contributed by atoms with Gasteiger partial charge >= 0.3 is 0 Å². The molecule has 0 saturated carbocycles. The summed E-state index contributed by atoms with van der Waals surface area (Å²) in [6.07, 6.45) is 3.80. The fraction of sp³-hybridized carbons (Fsp3) is 0.800. The van der Waals surface area contributed by atoms with Crippen molar-refractivity contribution in [3.8, 4) is 6.07 Å². The summed E-state index contributed by atoms with van der Waals surface area (Å²) in [4.78, 5) is 12.9. The van der Waals surface area contributed by atoms with Gasteiger partial charge in [0.1, 0.15) is 0 Å². The Labute approximate surface area is 79.3 Å². The normalized spacial score (nSPS) is 18.3. The van der Waals surface area contributed by atoms with Gasteiger partial charge in [-0.3, -0.25) is 4.79 Å². The lowest BCUT2D eigenvalue weighted by Gasteiger charge is -2.30. The number of carbonyl (C=O) groups is 1. The number of piperidine rings is 1. The van der Waals surface area contributed by atoms with E-state index in [1.807, 2.05) is 4.90 Å². The van der Waals surface area contributed by atoms with Crippen molar-refractivity contribution in [3.63, 3.8) is 0 Å². The molecular formula is C10H16N2O. The zero-order chi connectivity index (χ0) is 9.68. The molecule has 0 radical (unpaired) electrons. The minimum absolute atomic E-state index is 0.179. The second kappa shape index (κ2) is 4.86. The van der Waals surface area contributed by atoms with Gasteiger partial charge in [-0.05, 0) is 25.2 Å². The van der Waals surface area contributed by atoms with Gasteiger partial charge in [-0.15, -0.1) is 0 Å². The molecular weight excluding hydrogens is 164 g/mol. The molecule has 0 aromatic heterocycles. The third-order valence-corrected chi connectivity index (χ3v) is 2.72. The van der Waals surface area contributed by atoms with E-state index in [9.17, 15) is 4.79 Å². The van der Waals surface area contributed by atoms with Crippen molar-refractivity contribution >= 4 is 5.91 Å². The Morgan fingerprint density at radius 2 is 2.15 bits per heavy atom. The first kappa shape index (κ1) is 10.0. The number of hydrogen-bond acceptors (Lipinski definition) is 2. The summed E-state index contributed by atoms with van der Waals surface area (Å²) < 4.78 is 0. The molecule has 3 heteroatoms. The number of amides is 1. The third kappa shape index (κ3) is 3.06. The van der Waals surface area contributed by atoms with E-state index in [4.69, 9.17) is 5.26 Å². The molecule has 0 atom stereocenters. The molecule has 0 bridgehead atoms. The fourth-order valence-corrected chi connectivity index (χ4v) is 1.81. The molecule has 13 heavy (non-hydrogen) atoms. The van der Waals surface area contributed by atoms with E-state index in [1.54, 1.807) is 6.92 Å². The Hall–Kier alpha value is -1.04. The zero-order valence-electron chi connectivity index (χ0n) is 8.12. The molecule has 1 fully saturated rings. The van der Waals surface area contributed by atoms with Crippen molar-refractivity contribution in [1.29, 1.82) is 5.26 Å². The van der Waals surface area contributed by atoms with E-state index in [1.165, 1.54) is 0 Å². The van der Waals surface area contributed by atoms with Gasteiger partial charge < -0.3 is 4.90 Å². The molecule has 1 amide bonds. The topological polar surface area (TPSA) is 44.1 Å². The van der Waals surface area contributed by atoms with E-state index in [0.29, 0.717) is 12.3 Å². The van der Waals surface area contributed by atoms with Crippen LogP contribution in [0.15, 0.2) is 0 Å². The molecule has 1 saturated heterocycles. The lowest BCUT2D eigenvalue weighted by Crippen LogP contribution is -2.36. The van der Waals surface area contributed by atoms with Gasteiger partial charge in [-0.25, -0.2) is 0 Å². The third-order valence-electron chi connectivity index (χ3n) is 2.72. The summed E-state index contributed by atoms with van der Waals surface area (Å²) >= 11 is 0. The second-order valence-electron chi connectivity index (χ2n) is 3.65. The second-order valence-corrected chi connectivity index (χ2v) is 3.65. The van der Waals surface area contributed by atoms with Crippen LogP contribution in [0.2, 0.25) is 0 Å². The van der Waals surface area contributed by atoms with Crippen LogP contribution in [0.3, 0.4) is 0 Å². The van der Waals surface area contributed by atoms with Crippen LogP contribution in [0.1, 0.15) is 32.6 Å². The molecule has 0 spiro atoms. The Morgan fingerprint density at radius 1 is 1.54 bits per heavy atom. The zero-order valence-corrected chi connectivity index (χ0v) is 8.12. The largest absolute Gasteiger partial charge is 0.343 e. The molecule has 3 nitrogen and oxygen atoms in total. The molecule has 1 rings (SSSR count). The van der Waals surface area contributed by atoms with Gasteiger partial charge in [0.25, 0.3) is 0 Å². The summed E-state index contributed by atoms with van der Waals surface area (Å²) in [6.45, 7) is 3.38. The summed E-state index contributed by atoms with van der Waals surface area (Å²) in [5.74, 6) is 0.842. The summed E-state index contributed by atoms with van der Waals surface area (Å²) in [6, 6.07) is 2.17. The summed E-state index contributed by atoms with van der Waals surface area (Å²) in [7, 11) is 0. The van der Waals surface area contributed by atoms with Gasteiger partial charge in [0.2, 0.25) is 5.91 Å². The number of hydrogen-bond donors (Lipinski definition) is 0. The highest BCUT2D eigenvalue weighted by atomic mass is 16.2. The maximum Gasteiger partial charge on any atom is 0.219 e. The van der Waals surface area contributed by atoms with Crippen molar-refractivity contribution in [1.82, 2.24) is 4.90 Å². The van der Waals surface area contributed by atoms with E-state index in [0.717, 1.165) is 32.4 Å². The minimum Gasteiger partial charge on any atom is -0.343 e. The Morgan fingerprint density at radius 3 is 2.62 bits per heavy atom. The first-order valence-corrected chi connectivity index (χ1v) is 4.86.